The monoisotopic (exact) mass is 343 g/mol. The molecule has 0 atom stereocenters. The van der Waals surface area contributed by atoms with Crippen molar-refractivity contribution in [2.75, 3.05) is 12.4 Å². The Labute approximate surface area is 147 Å². The van der Waals surface area contributed by atoms with Gasteiger partial charge in [-0.2, -0.15) is 5.10 Å². The Morgan fingerprint density at radius 2 is 1.88 bits per heavy atom. The molecule has 0 spiro atoms. The fraction of sp³-hybridized carbons (Fsp3) is 0.412. The zero-order chi connectivity index (χ0) is 18.2. The van der Waals surface area contributed by atoms with Crippen LogP contribution in [-0.2, 0) is 24.9 Å². The number of rotatable bonds is 6. The van der Waals surface area contributed by atoms with E-state index in [-0.39, 0.29) is 11.8 Å². The Balaban J connectivity index is 1.83. The third-order valence-electron chi connectivity index (χ3n) is 3.65. The van der Waals surface area contributed by atoms with Gasteiger partial charge in [-0.05, 0) is 17.7 Å². The largest absolute Gasteiger partial charge is 0.352 e. The van der Waals surface area contributed by atoms with Crippen molar-refractivity contribution in [2.45, 2.75) is 26.9 Å². The number of nitrogens with zero attached hydrogens (tertiary/aromatic N) is 4. The average molecular weight is 343 g/mol. The molecule has 1 amide bonds. The first-order valence-electron chi connectivity index (χ1n) is 8.16. The van der Waals surface area contributed by atoms with Crippen molar-refractivity contribution in [2.24, 2.45) is 18.0 Å². The highest BCUT2D eigenvalue weighted by Crippen LogP contribution is 2.10. The van der Waals surface area contributed by atoms with Gasteiger partial charge in [-0.1, -0.05) is 26.0 Å². The average Bonchev–Trinajstić information content (AvgIpc) is 3.01. The van der Waals surface area contributed by atoms with E-state index in [4.69, 9.17) is 0 Å². The molecule has 0 saturated heterocycles. The lowest BCUT2D eigenvalue weighted by Crippen LogP contribution is -2.36. The van der Waals surface area contributed by atoms with E-state index in [0.717, 1.165) is 17.1 Å². The summed E-state index contributed by atoms with van der Waals surface area (Å²) in [4.78, 5) is 20.0. The summed E-state index contributed by atoms with van der Waals surface area (Å²) in [6.45, 7) is 4.90. The van der Waals surface area contributed by atoms with Crippen LogP contribution >= 0.6 is 0 Å². The van der Waals surface area contributed by atoms with Crippen LogP contribution in [0.1, 0.15) is 25.2 Å². The number of hydrogen-bond acceptors (Lipinski definition) is 4. The summed E-state index contributed by atoms with van der Waals surface area (Å²) in [7, 11) is 3.57. The van der Waals surface area contributed by atoms with Gasteiger partial charge in [0.15, 0.2) is 5.96 Å². The number of anilines is 1. The predicted molar refractivity (Wildman–Crippen MR) is 98.0 cm³/mol. The lowest BCUT2D eigenvalue weighted by Gasteiger charge is -2.12. The van der Waals surface area contributed by atoms with Gasteiger partial charge in [-0.3, -0.25) is 14.5 Å². The van der Waals surface area contributed by atoms with Crippen molar-refractivity contribution < 1.29 is 4.79 Å². The normalized spacial score (nSPS) is 11.5. The Hall–Kier alpha value is -2.90. The minimum atomic E-state index is -0.0374. The molecule has 3 N–H and O–H groups in total. The molecule has 0 aliphatic carbocycles. The second kappa shape index (κ2) is 8.81. The Bertz CT molecular complexity index is 719. The number of hydrogen-bond donors (Lipinski definition) is 3. The van der Waals surface area contributed by atoms with Gasteiger partial charge >= 0.3 is 0 Å². The van der Waals surface area contributed by atoms with Gasteiger partial charge in [-0.25, -0.2) is 4.98 Å². The second-order valence-electron chi connectivity index (χ2n) is 5.92. The third-order valence-corrected chi connectivity index (χ3v) is 3.65. The number of aryl methyl sites for hydroxylation is 1. The molecule has 25 heavy (non-hydrogen) atoms. The molecule has 0 bridgehead atoms. The maximum absolute atomic E-state index is 11.7. The second-order valence-corrected chi connectivity index (χ2v) is 5.92. The summed E-state index contributed by atoms with van der Waals surface area (Å²) in [5.41, 5.74) is 1.89. The molecular weight excluding hydrogens is 318 g/mol. The van der Waals surface area contributed by atoms with Crippen LogP contribution in [0.3, 0.4) is 0 Å². The number of guanidine groups is 1. The van der Waals surface area contributed by atoms with Gasteiger partial charge in [0.1, 0.15) is 12.2 Å². The molecule has 0 saturated carbocycles. The van der Waals surface area contributed by atoms with Crippen LogP contribution in [0.15, 0.2) is 35.6 Å². The lowest BCUT2D eigenvalue weighted by atomic mass is 10.1. The maximum atomic E-state index is 11.7. The van der Waals surface area contributed by atoms with Crippen LogP contribution < -0.4 is 16.0 Å². The minimum absolute atomic E-state index is 0.0132. The van der Waals surface area contributed by atoms with Gasteiger partial charge in [0.2, 0.25) is 5.91 Å². The molecule has 0 unspecified atom stereocenters. The summed E-state index contributed by atoms with van der Waals surface area (Å²) in [5.74, 6) is 1.48. The van der Waals surface area contributed by atoms with E-state index in [1.165, 1.54) is 6.33 Å². The van der Waals surface area contributed by atoms with Crippen LogP contribution in [-0.4, -0.2) is 33.7 Å². The van der Waals surface area contributed by atoms with E-state index in [0.29, 0.717) is 19.0 Å². The summed E-state index contributed by atoms with van der Waals surface area (Å²) in [6, 6.07) is 7.73. The van der Waals surface area contributed by atoms with Gasteiger partial charge < -0.3 is 16.0 Å². The molecule has 1 aromatic carbocycles. The number of carbonyl (C=O) groups is 1. The van der Waals surface area contributed by atoms with Gasteiger partial charge in [0.25, 0.3) is 0 Å². The fourth-order valence-corrected chi connectivity index (χ4v) is 2.04. The Morgan fingerprint density at radius 1 is 1.20 bits per heavy atom. The molecule has 1 heterocycles. The van der Waals surface area contributed by atoms with Gasteiger partial charge in [-0.15, -0.1) is 0 Å². The molecule has 0 radical (unpaired) electrons. The number of aromatic nitrogens is 3. The topological polar surface area (TPSA) is 96.2 Å². The number of nitrogens with one attached hydrogen (secondary N) is 3. The van der Waals surface area contributed by atoms with Crippen molar-refractivity contribution in [1.29, 1.82) is 0 Å². The van der Waals surface area contributed by atoms with Crippen molar-refractivity contribution in [3.63, 3.8) is 0 Å². The zero-order valence-corrected chi connectivity index (χ0v) is 15.1. The number of amides is 1. The number of aliphatic imine (C=N–C) groups is 1. The zero-order valence-electron chi connectivity index (χ0n) is 15.1. The van der Waals surface area contributed by atoms with Crippen LogP contribution in [0.5, 0.6) is 0 Å². The first-order chi connectivity index (χ1) is 12.0. The molecule has 1 aromatic heterocycles. The van der Waals surface area contributed by atoms with E-state index >= 15 is 0 Å². The number of carbonyl (C=O) groups excluding carboxylic acids is 1. The summed E-state index contributed by atoms with van der Waals surface area (Å²) >= 11 is 0. The highest BCUT2D eigenvalue weighted by atomic mass is 16.1. The van der Waals surface area contributed by atoms with Crippen LogP contribution in [0, 0.1) is 5.92 Å². The fourth-order valence-electron chi connectivity index (χ4n) is 2.04. The van der Waals surface area contributed by atoms with Gasteiger partial charge in [0, 0.05) is 32.2 Å². The third kappa shape index (κ3) is 5.59. The minimum Gasteiger partial charge on any atom is -0.352 e. The molecule has 2 rings (SSSR count). The summed E-state index contributed by atoms with van der Waals surface area (Å²) in [6.07, 6.45) is 1.52. The van der Waals surface area contributed by atoms with E-state index in [1.807, 2.05) is 45.2 Å². The van der Waals surface area contributed by atoms with E-state index < -0.39 is 0 Å². The first-order valence-corrected chi connectivity index (χ1v) is 8.16. The van der Waals surface area contributed by atoms with Crippen LogP contribution in [0.25, 0.3) is 0 Å². The van der Waals surface area contributed by atoms with Crippen molar-refractivity contribution >= 4 is 17.6 Å². The molecule has 8 nitrogen and oxygen atoms in total. The Kier molecular flexibility index (Phi) is 6.50. The molecule has 0 fully saturated rings. The molecule has 0 aliphatic heterocycles. The predicted octanol–water partition coefficient (Wildman–Crippen LogP) is 1.27. The molecule has 0 aliphatic rings. The lowest BCUT2D eigenvalue weighted by molar-refractivity contribution is -0.118. The molecule has 2 aromatic rings. The smallest absolute Gasteiger partial charge is 0.226 e. The van der Waals surface area contributed by atoms with Gasteiger partial charge in [0.05, 0.1) is 6.54 Å². The molecule has 134 valence electrons. The maximum Gasteiger partial charge on any atom is 0.226 e. The SMILES string of the molecule is CN=C(NCc1ccc(NC(=O)C(C)C)cc1)NCc1ncnn1C. The van der Waals surface area contributed by atoms with E-state index in [1.54, 1.807) is 11.7 Å². The van der Waals surface area contributed by atoms with E-state index in [9.17, 15) is 4.79 Å². The highest BCUT2D eigenvalue weighted by Gasteiger charge is 2.07. The quantitative estimate of drug-likeness (QED) is 0.542. The van der Waals surface area contributed by atoms with Crippen molar-refractivity contribution in [1.82, 2.24) is 25.4 Å². The molecular formula is C17H25N7O. The first kappa shape index (κ1) is 18.4. The number of benzene rings is 1. The summed E-state index contributed by atoms with van der Waals surface area (Å²) < 4.78 is 1.71. The standard InChI is InChI=1S/C17H25N7O/c1-12(2)16(25)23-14-7-5-13(6-8-14)9-19-17(18-3)20-10-15-21-11-22-24(15)4/h5-8,11-12H,9-10H2,1-4H3,(H,23,25)(H2,18,19,20). The molecule has 8 heteroatoms. The Morgan fingerprint density at radius 3 is 2.44 bits per heavy atom. The highest BCUT2D eigenvalue weighted by molar-refractivity contribution is 5.92. The van der Waals surface area contributed by atoms with E-state index in [2.05, 4.69) is 31.0 Å². The van der Waals surface area contributed by atoms with Crippen molar-refractivity contribution in [3.8, 4) is 0 Å². The van der Waals surface area contributed by atoms with Crippen LogP contribution in [0.2, 0.25) is 0 Å². The summed E-state index contributed by atoms with van der Waals surface area (Å²) in [5, 5.41) is 13.3. The van der Waals surface area contributed by atoms with Crippen molar-refractivity contribution in [3.05, 3.63) is 42.0 Å². The van der Waals surface area contributed by atoms with Crippen LogP contribution in [0.4, 0.5) is 5.69 Å².